The van der Waals surface area contributed by atoms with Crippen molar-refractivity contribution in [1.82, 2.24) is 0 Å². The van der Waals surface area contributed by atoms with E-state index in [1.54, 1.807) is 0 Å². The third-order valence-corrected chi connectivity index (χ3v) is 8.83. The zero-order chi connectivity index (χ0) is 14.0. The van der Waals surface area contributed by atoms with Gasteiger partial charge < -0.3 is 9.16 Å². The summed E-state index contributed by atoms with van der Waals surface area (Å²) in [4.78, 5) is 11.7. The van der Waals surface area contributed by atoms with E-state index in [9.17, 15) is 4.79 Å². The molecular weight excluding hydrogens is 244 g/mol. The highest BCUT2D eigenvalue weighted by Crippen LogP contribution is 2.38. The Kier molecular flexibility index (Phi) is 5.15. The van der Waals surface area contributed by atoms with Crippen LogP contribution in [0.3, 0.4) is 0 Å². The lowest BCUT2D eigenvalue weighted by atomic mass is 9.93. The van der Waals surface area contributed by atoms with Crippen LogP contribution in [0.25, 0.3) is 0 Å². The van der Waals surface area contributed by atoms with Crippen LogP contribution < -0.4 is 0 Å². The molecule has 0 spiro atoms. The summed E-state index contributed by atoms with van der Waals surface area (Å²) in [7, 11) is -1.72. The second kappa shape index (κ2) is 5.84. The first kappa shape index (κ1) is 15.9. The number of hydrogen-bond acceptors (Lipinski definition) is 3. The van der Waals surface area contributed by atoms with E-state index in [4.69, 9.17) is 9.16 Å². The lowest BCUT2D eigenvalue weighted by Gasteiger charge is -2.39. The van der Waals surface area contributed by atoms with Crippen LogP contribution in [0.15, 0.2) is 0 Å². The van der Waals surface area contributed by atoms with Gasteiger partial charge >= 0.3 is 0 Å². The van der Waals surface area contributed by atoms with Crippen molar-refractivity contribution in [1.29, 1.82) is 0 Å². The summed E-state index contributed by atoms with van der Waals surface area (Å²) >= 11 is 0. The zero-order valence-electron chi connectivity index (χ0n) is 12.7. The van der Waals surface area contributed by atoms with Gasteiger partial charge in [-0.25, -0.2) is 0 Å². The van der Waals surface area contributed by atoms with Gasteiger partial charge in [-0.15, -0.1) is 0 Å². The maximum Gasteiger partial charge on any atom is 0.192 e. The van der Waals surface area contributed by atoms with E-state index < -0.39 is 8.32 Å². The topological polar surface area (TPSA) is 35.5 Å². The Balaban J connectivity index is 2.51. The molecule has 0 amide bonds. The molecule has 0 radical (unpaired) electrons. The van der Waals surface area contributed by atoms with Gasteiger partial charge in [-0.2, -0.15) is 0 Å². The molecule has 1 heterocycles. The fraction of sp³-hybridized carbons (Fsp3) is 0.929. The summed E-state index contributed by atoms with van der Waals surface area (Å²) in [6.07, 6.45) is 1.86. The highest BCUT2D eigenvalue weighted by atomic mass is 28.4. The molecule has 1 fully saturated rings. The summed E-state index contributed by atoms with van der Waals surface area (Å²) < 4.78 is 11.5. The molecule has 1 unspecified atom stereocenters. The van der Waals surface area contributed by atoms with Gasteiger partial charge in [0.25, 0.3) is 0 Å². The minimum absolute atomic E-state index is 0.138. The van der Waals surface area contributed by atoms with Gasteiger partial charge in [0.2, 0.25) is 0 Å². The van der Waals surface area contributed by atoms with Gasteiger partial charge in [0.15, 0.2) is 14.1 Å². The Morgan fingerprint density at radius 2 is 2.06 bits per heavy atom. The van der Waals surface area contributed by atoms with Crippen molar-refractivity contribution in [2.75, 3.05) is 13.2 Å². The molecule has 3 nitrogen and oxygen atoms in total. The van der Waals surface area contributed by atoms with Crippen LogP contribution in [0.2, 0.25) is 18.1 Å². The molecule has 0 N–H and O–H groups in total. The van der Waals surface area contributed by atoms with Gasteiger partial charge in [-0.05, 0) is 37.9 Å². The van der Waals surface area contributed by atoms with Crippen LogP contribution in [0.5, 0.6) is 0 Å². The van der Waals surface area contributed by atoms with Crippen LogP contribution >= 0.6 is 0 Å². The Hall–Kier alpha value is -0.193. The molecule has 1 aliphatic heterocycles. The molecule has 1 aliphatic rings. The maximum absolute atomic E-state index is 11.7. The van der Waals surface area contributed by atoms with Crippen molar-refractivity contribution in [2.24, 2.45) is 5.92 Å². The first-order valence-corrected chi connectivity index (χ1v) is 9.82. The summed E-state index contributed by atoms with van der Waals surface area (Å²) in [6, 6.07) is 0. The Morgan fingerprint density at radius 3 is 2.56 bits per heavy atom. The quantitative estimate of drug-likeness (QED) is 0.736. The van der Waals surface area contributed by atoms with Gasteiger partial charge in [-0.3, -0.25) is 4.79 Å². The van der Waals surface area contributed by atoms with Gasteiger partial charge in [-0.1, -0.05) is 20.8 Å². The van der Waals surface area contributed by atoms with Crippen molar-refractivity contribution in [3.05, 3.63) is 0 Å². The number of ketones is 1. The van der Waals surface area contributed by atoms with E-state index in [-0.39, 0.29) is 29.5 Å². The molecule has 0 aromatic rings. The predicted octanol–water partition coefficient (Wildman–Crippen LogP) is 3.39. The second-order valence-corrected chi connectivity index (χ2v) is 11.7. The van der Waals surface area contributed by atoms with E-state index in [1.165, 1.54) is 0 Å². The number of ether oxygens (including phenoxy) is 1. The summed E-state index contributed by atoms with van der Waals surface area (Å²) in [5.41, 5.74) is 0. The number of carbonyl (C=O) groups is 1. The molecule has 0 saturated carbocycles. The van der Waals surface area contributed by atoms with Crippen molar-refractivity contribution in [2.45, 2.75) is 64.8 Å². The van der Waals surface area contributed by atoms with E-state index >= 15 is 0 Å². The molecule has 1 rings (SSSR count). The highest BCUT2D eigenvalue weighted by molar-refractivity contribution is 6.74. The summed E-state index contributed by atoms with van der Waals surface area (Å²) in [6.45, 7) is 14.3. The lowest BCUT2D eigenvalue weighted by molar-refractivity contribution is -0.133. The van der Waals surface area contributed by atoms with E-state index in [1.807, 2.05) is 0 Å². The number of Topliss-reactive ketones (excluding diaryl/α,β-unsaturated/α-hetero) is 1. The standard InChI is InChI=1S/C14H28O3Si/c1-11(17-18(5,6)14(2,3)4)9-12-7-8-16-10-13(12)15/h11-12H,7-10H2,1-6H3/t11-,12?/m0/s1. The molecule has 106 valence electrons. The second-order valence-electron chi connectivity index (χ2n) is 6.93. The Bertz CT molecular complexity index is 294. The third kappa shape index (κ3) is 4.18. The van der Waals surface area contributed by atoms with E-state index in [0.29, 0.717) is 6.61 Å². The monoisotopic (exact) mass is 272 g/mol. The molecule has 18 heavy (non-hydrogen) atoms. The van der Waals surface area contributed by atoms with Crippen LogP contribution in [-0.2, 0) is 14.0 Å². The van der Waals surface area contributed by atoms with Crippen molar-refractivity contribution in [3.63, 3.8) is 0 Å². The molecule has 0 bridgehead atoms. The maximum atomic E-state index is 11.7. The Labute approximate surface area is 112 Å². The van der Waals surface area contributed by atoms with Crippen LogP contribution in [0, 0.1) is 5.92 Å². The minimum atomic E-state index is -1.72. The molecule has 4 heteroatoms. The minimum Gasteiger partial charge on any atom is -0.414 e. The van der Waals surface area contributed by atoms with Gasteiger partial charge in [0, 0.05) is 18.6 Å². The van der Waals surface area contributed by atoms with Crippen molar-refractivity contribution >= 4 is 14.1 Å². The lowest BCUT2D eigenvalue weighted by Crippen LogP contribution is -2.44. The molecule has 0 aromatic heterocycles. The van der Waals surface area contributed by atoms with Gasteiger partial charge in [0.05, 0.1) is 0 Å². The first-order chi connectivity index (χ1) is 8.13. The van der Waals surface area contributed by atoms with Crippen molar-refractivity contribution < 1.29 is 14.0 Å². The van der Waals surface area contributed by atoms with Crippen LogP contribution in [0.1, 0.15) is 40.5 Å². The average Bonchev–Trinajstić information content (AvgIpc) is 2.19. The third-order valence-electron chi connectivity index (χ3n) is 4.23. The molecule has 0 aliphatic carbocycles. The summed E-state index contributed by atoms with van der Waals surface area (Å²) in [5.74, 6) is 0.380. The van der Waals surface area contributed by atoms with Crippen LogP contribution in [0.4, 0.5) is 0 Å². The van der Waals surface area contributed by atoms with Crippen LogP contribution in [-0.4, -0.2) is 33.4 Å². The Morgan fingerprint density at radius 1 is 1.44 bits per heavy atom. The van der Waals surface area contributed by atoms with Gasteiger partial charge in [0.1, 0.15) is 6.61 Å². The first-order valence-electron chi connectivity index (χ1n) is 6.92. The summed E-state index contributed by atoms with van der Waals surface area (Å²) in [5, 5.41) is 0.223. The largest absolute Gasteiger partial charge is 0.414 e. The molecule has 1 saturated heterocycles. The number of carbonyl (C=O) groups excluding carboxylic acids is 1. The SMILES string of the molecule is C[C@@H](CC1CCOCC1=O)O[Si](C)(C)C(C)(C)C. The average molecular weight is 272 g/mol. The predicted molar refractivity (Wildman–Crippen MR) is 76.3 cm³/mol. The normalized spacial score (nSPS) is 24.1. The zero-order valence-corrected chi connectivity index (χ0v) is 13.7. The molecular formula is C14H28O3Si. The fourth-order valence-corrected chi connectivity index (χ4v) is 3.51. The number of hydrogen-bond donors (Lipinski definition) is 0. The fourth-order valence-electron chi connectivity index (χ4n) is 2.06. The van der Waals surface area contributed by atoms with E-state index in [0.717, 1.165) is 12.8 Å². The molecule has 2 atom stereocenters. The number of rotatable bonds is 4. The smallest absolute Gasteiger partial charge is 0.192 e. The highest BCUT2D eigenvalue weighted by Gasteiger charge is 2.39. The molecule has 0 aromatic carbocycles. The van der Waals surface area contributed by atoms with E-state index in [2.05, 4.69) is 40.8 Å². The van der Waals surface area contributed by atoms with Crippen molar-refractivity contribution in [3.8, 4) is 0 Å².